The SMILES string of the molecule is CCOC(=O)c1cc2ccc(Oc3ncc(NC(=O)OC(C)(C)C)cn3)cc2n1C. The molecule has 158 valence electrons. The van der Waals surface area contributed by atoms with Crippen molar-refractivity contribution >= 4 is 28.7 Å². The lowest BCUT2D eigenvalue weighted by Gasteiger charge is -2.19. The second-order valence-electron chi connectivity index (χ2n) is 7.51. The normalized spacial score (nSPS) is 11.2. The molecule has 2 aromatic heterocycles. The summed E-state index contributed by atoms with van der Waals surface area (Å²) in [6.07, 6.45) is 2.25. The van der Waals surface area contributed by atoms with Crippen LogP contribution in [0.25, 0.3) is 10.9 Å². The fourth-order valence-corrected chi connectivity index (χ4v) is 2.73. The number of carbonyl (C=O) groups is 2. The molecule has 0 unspecified atom stereocenters. The highest BCUT2D eigenvalue weighted by atomic mass is 16.6. The minimum absolute atomic E-state index is 0.115. The van der Waals surface area contributed by atoms with Crippen LogP contribution in [0.2, 0.25) is 0 Å². The summed E-state index contributed by atoms with van der Waals surface area (Å²) in [6.45, 7) is 7.41. The Morgan fingerprint density at radius 2 is 1.83 bits per heavy atom. The molecule has 0 aliphatic carbocycles. The second kappa shape index (κ2) is 8.40. The van der Waals surface area contributed by atoms with Crippen molar-refractivity contribution in [2.45, 2.75) is 33.3 Å². The molecule has 2 heterocycles. The lowest BCUT2D eigenvalue weighted by atomic mass is 10.2. The zero-order chi connectivity index (χ0) is 21.9. The summed E-state index contributed by atoms with van der Waals surface area (Å²) in [5.74, 6) is 0.127. The van der Waals surface area contributed by atoms with Crippen molar-refractivity contribution in [2.24, 2.45) is 7.05 Å². The first-order chi connectivity index (χ1) is 14.2. The molecule has 0 saturated carbocycles. The van der Waals surface area contributed by atoms with Gasteiger partial charge in [0.15, 0.2) is 0 Å². The zero-order valence-corrected chi connectivity index (χ0v) is 17.6. The highest BCUT2D eigenvalue weighted by molar-refractivity contribution is 5.96. The molecule has 0 radical (unpaired) electrons. The molecule has 3 aromatic rings. The number of nitrogens with one attached hydrogen (secondary N) is 1. The topological polar surface area (TPSA) is 105 Å². The van der Waals surface area contributed by atoms with E-state index in [4.69, 9.17) is 14.2 Å². The van der Waals surface area contributed by atoms with E-state index in [9.17, 15) is 9.59 Å². The predicted molar refractivity (Wildman–Crippen MR) is 111 cm³/mol. The van der Waals surface area contributed by atoms with Crippen LogP contribution in [0.1, 0.15) is 38.2 Å². The molecule has 0 fully saturated rings. The minimum atomic E-state index is -0.600. The molecule has 0 spiro atoms. The number of rotatable bonds is 5. The average molecular weight is 412 g/mol. The number of hydrogen-bond donors (Lipinski definition) is 1. The summed E-state index contributed by atoms with van der Waals surface area (Å²) >= 11 is 0. The van der Waals surface area contributed by atoms with Crippen LogP contribution in [0.4, 0.5) is 10.5 Å². The van der Waals surface area contributed by atoms with Gasteiger partial charge in [0.05, 0.1) is 30.2 Å². The number of carbonyl (C=O) groups excluding carboxylic acids is 2. The Morgan fingerprint density at radius 3 is 2.47 bits per heavy atom. The fourth-order valence-electron chi connectivity index (χ4n) is 2.73. The Bertz CT molecular complexity index is 1070. The average Bonchev–Trinajstić information content (AvgIpc) is 2.98. The van der Waals surface area contributed by atoms with Crippen LogP contribution in [0.3, 0.4) is 0 Å². The summed E-state index contributed by atoms with van der Waals surface area (Å²) < 4.78 is 17.7. The van der Waals surface area contributed by atoms with Crippen molar-refractivity contribution in [3.63, 3.8) is 0 Å². The maximum Gasteiger partial charge on any atom is 0.412 e. The monoisotopic (exact) mass is 412 g/mol. The van der Waals surface area contributed by atoms with Crippen LogP contribution < -0.4 is 10.1 Å². The van der Waals surface area contributed by atoms with Gasteiger partial charge in [-0.25, -0.2) is 19.6 Å². The van der Waals surface area contributed by atoms with Crippen LogP contribution in [0.5, 0.6) is 11.8 Å². The minimum Gasteiger partial charge on any atom is -0.461 e. The van der Waals surface area contributed by atoms with Crippen LogP contribution in [-0.4, -0.2) is 38.8 Å². The Morgan fingerprint density at radius 1 is 1.13 bits per heavy atom. The smallest absolute Gasteiger partial charge is 0.412 e. The Hall–Kier alpha value is -3.62. The summed E-state index contributed by atoms with van der Waals surface area (Å²) in [7, 11) is 1.78. The molecule has 9 heteroatoms. The van der Waals surface area contributed by atoms with Crippen LogP contribution >= 0.6 is 0 Å². The molecule has 9 nitrogen and oxygen atoms in total. The van der Waals surface area contributed by atoms with E-state index >= 15 is 0 Å². The molecule has 0 aliphatic rings. The van der Waals surface area contributed by atoms with Gasteiger partial charge in [0.2, 0.25) is 0 Å². The summed E-state index contributed by atoms with van der Waals surface area (Å²) in [6, 6.07) is 7.27. The predicted octanol–water partition coefficient (Wildman–Crippen LogP) is 4.28. The molecule has 30 heavy (non-hydrogen) atoms. The number of fused-ring (bicyclic) bond motifs is 1. The van der Waals surface area contributed by atoms with E-state index in [1.165, 1.54) is 12.4 Å². The van der Waals surface area contributed by atoms with E-state index in [1.807, 2.05) is 6.07 Å². The van der Waals surface area contributed by atoms with Gasteiger partial charge in [-0.1, -0.05) is 0 Å². The van der Waals surface area contributed by atoms with Gasteiger partial charge < -0.3 is 18.8 Å². The summed E-state index contributed by atoms with van der Waals surface area (Å²) in [5, 5.41) is 3.44. The van der Waals surface area contributed by atoms with Gasteiger partial charge in [-0.2, -0.15) is 0 Å². The highest BCUT2D eigenvalue weighted by Gasteiger charge is 2.17. The van der Waals surface area contributed by atoms with Crippen molar-refractivity contribution in [2.75, 3.05) is 11.9 Å². The molecule has 0 saturated heterocycles. The quantitative estimate of drug-likeness (QED) is 0.624. The van der Waals surface area contributed by atoms with E-state index in [0.29, 0.717) is 23.7 Å². The molecule has 1 N–H and O–H groups in total. The largest absolute Gasteiger partial charge is 0.461 e. The van der Waals surface area contributed by atoms with Crippen LogP contribution in [0, 0.1) is 0 Å². The Labute approximate surface area is 174 Å². The number of hydrogen-bond acceptors (Lipinski definition) is 7. The lowest BCUT2D eigenvalue weighted by molar-refractivity contribution is 0.0515. The van der Waals surface area contributed by atoms with Gasteiger partial charge in [-0.15, -0.1) is 0 Å². The molecular weight excluding hydrogens is 388 g/mol. The molecule has 0 aliphatic heterocycles. The second-order valence-corrected chi connectivity index (χ2v) is 7.51. The number of esters is 1. The highest BCUT2D eigenvalue weighted by Crippen LogP contribution is 2.26. The zero-order valence-electron chi connectivity index (χ0n) is 17.6. The van der Waals surface area contributed by atoms with Gasteiger partial charge in [0.25, 0.3) is 0 Å². The molecule has 3 rings (SSSR count). The maximum atomic E-state index is 12.1. The first-order valence-corrected chi connectivity index (χ1v) is 9.43. The third kappa shape index (κ3) is 5.05. The molecule has 1 aromatic carbocycles. The van der Waals surface area contributed by atoms with Crippen molar-refractivity contribution in [3.05, 3.63) is 42.4 Å². The summed E-state index contributed by atoms with van der Waals surface area (Å²) in [4.78, 5) is 32.1. The van der Waals surface area contributed by atoms with Crippen molar-refractivity contribution < 1.29 is 23.8 Å². The van der Waals surface area contributed by atoms with Gasteiger partial charge in [-0.3, -0.25) is 5.32 Å². The standard InChI is InChI=1S/C21H24N4O5/c1-6-28-18(26)17-9-13-7-8-15(10-16(13)25(17)5)29-19-22-11-14(12-23-19)24-20(27)30-21(2,3)4/h7-12H,6H2,1-5H3,(H,24,27). The number of nitrogens with zero attached hydrogens (tertiary/aromatic N) is 3. The first-order valence-electron chi connectivity index (χ1n) is 9.43. The maximum absolute atomic E-state index is 12.1. The van der Waals surface area contributed by atoms with Crippen LogP contribution in [-0.2, 0) is 16.5 Å². The van der Waals surface area contributed by atoms with E-state index in [1.54, 1.807) is 57.5 Å². The van der Waals surface area contributed by atoms with E-state index < -0.39 is 11.7 Å². The number of benzene rings is 1. The Kier molecular flexibility index (Phi) is 5.91. The van der Waals surface area contributed by atoms with E-state index in [0.717, 1.165) is 10.9 Å². The number of ether oxygens (including phenoxy) is 3. The number of aromatic nitrogens is 3. The number of amides is 1. The van der Waals surface area contributed by atoms with Crippen molar-refractivity contribution in [1.82, 2.24) is 14.5 Å². The first kappa shape index (κ1) is 21.1. The fraction of sp³-hybridized carbons (Fsp3) is 0.333. The molecular formula is C21H24N4O5. The van der Waals surface area contributed by atoms with Crippen LogP contribution in [0.15, 0.2) is 36.7 Å². The number of aryl methyl sites for hydroxylation is 1. The van der Waals surface area contributed by atoms with Crippen molar-refractivity contribution in [3.8, 4) is 11.8 Å². The van der Waals surface area contributed by atoms with Gasteiger partial charge >= 0.3 is 18.1 Å². The van der Waals surface area contributed by atoms with Gasteiger partial charge in [-0.05, 0) is 45.9 Å². The van der Waals surface area contributed by atoms with Gasteiger partial charge in [0.1, 0.15) is 17.0 Å². The third-order valence-corrected chi connectivity index (χ3v) is 3.98. The van der Waals surface area contributed by atoms with Crippen molar-refractivity contribution in [1.29, 1.82) is 0 Å². The molecule has 0 atom stereocenters. The number of anilines is 1. The van der Waals surface area contributed by atoms with Gasteiger partial charge in [0, 0.05) is 18.5 Å². The molecule has 0 bridgehead atoms. The lowest BCUT2D eigenvalue weighted by Crippen LogP contribution is -2.27. The molecule has 1 amide bonds. The van der Waals surface area contributed by atoms with E-state index in [-0.39, 0.29) is 12.0 Å². The Balaban J connectivity index is 1.72. The van der Waals surface area contributed by atoms with E-state index in [2.05, 4.69) is 15.3 Å². The summed E-state index contributed by atoms with van der Waals surface area (Å²) in [5.41, 5.74) is 1.04. The third-order valence-electron chi connectivity index (χ3n) is 3.98.